The first-order chi connectivity index (χ1) is 9.06. The highest BCUT2D eigenvalue weighted by Gasteiger charge is 2.25. The smallest absolute Gasteiger partial charge is 0.309 e. The molecule has 1 heterocycles. The van der Waals surface area contributed by atoms with E-state index in [4.69, 9.17) is 5.73 Å². The predicted octanol–water partition coefficient (Wildman–Crippen LogP) is -1.42. The predicted molar refractivity (Wildman–Crippen MR) is 70.1 cm³/mol. The molecule has 0 saturated carbocycles. The van der Waals surface area contributed by atoms with E-state index in [1.54, 1.807) is 11.8 Å². The van der Waals surface area contributed by atoms with Gasteiger partial charge in [0, 0.05) is 26.2 Å². The molecule has 0 aromatic heterocycles. The zero-order valence-corrected chi connectivity index (χ0v) is 11.3. The number of carbonyl (C=O) groups is 3. The van der Waals surface area contributed by atoms with Crippen LogP contribution in [0.1, 0.15) is 26.2 Å². The van der Waals surface area contributed by atoms with E-state index >= 15 is 0 Å². The molecule has 0 bridgehead atoms. The molecule has 0 aromatic carbocycles. The highest BCUT2D eigenvalue weighted by molar-refractivity contribution is 6.35. The molecular weight excluding hydrogens is 248 g/mol. The molecule has 7 heteroatoms. The lowest BCUT2D eigenvalue weighted by Gasteiger charge is -2.29. The maximum Gasteiger partial charge on any atom is 0.309 e. The standard InChI is InChI=1S/C12H22N4O3/c1-9(12(19)16-7-3-2-4-8-16)15-11(18)10(17)14-6-5-13/h9H,2-8,13H2,1H3,(H,14,17)(H,15,18). The third kappa shape index (κ3) is 4.86. The maximum absolute atomic E-state index is 12.0. The normalized spacial score (nSPS) is 16.6. The van der Waals surface area contributed by atoms with Crippen molar-refractivity contribution in [3.8, 4) is 0 Å². The van der Waals surface area contributed by atoms with E-state index in [1.165, 1.54) is 0 Å². The van der Waals surface area contributed by atoms with Gasteiger partial charge in [-0.3, -0.25) is 14.4 Å². The van der Waals surface area contributed by atoms with Gasteiger partial charge in [-0.05, 0) is 26.2 Å². The Morgan fingerprint density at radius 3 is 2.37 bits per heavy atom. The number of rotatable bonds is 4. The van der Waals surface area contributed by atoms with Crippen LogP contribution < -0.4 is 16.4 Å². The number of nitrogens with zero attached hydrogens (tertiary/aromatic N) is 1. The van der Waals surface area contributed by atoms with E-state index in [2.05, 4.69) is 10.6 Å². The summed E-state index contributed by atoms with van der Waals surface area (Å²) in [4.78, 5) is 36.6. The summed E-state index contributed by atoms with van der Waals surface area (Å²) in [5, 5.41) is 4.76. The minimum absolute atomic E-state index is 0.139. The molecule has 1 fully saturated rings. The molecule has 1 saturated heterocycles. The van der Waals surface area contributed by atoms with E-state index in [0.29, 0.717) is 0 Å². The van der Waals surface area contributed by atoms with Crippen LogP contribution in [0.3, 0.4) is 0 Å². The average molecular weight is 270 g/mol. The third-order valence-corrected chi connectivity index (χ3v) is 3.02. The highest BCUT2D eigenvalue weighted by atomic mass is 16.2. The summed E-state index contributed by atoms with van der Waals surface area (Å²) in [6, 6.07) is -0.686. The Morgan fingerprint density at radius 1 is 1.16 bits per heavy atom. The topological polar surface area (TPSA) is 105 Å². The lowest BCUT2D eigenvalue weighted by atomic mass is 10.1. The first kappa shape index (κ1) is 15.4. The summed E-state index contributed by atoms with van der Waals surface area (Å²) >= 11 is 0. The van der Waals surface area contributed by atoms with Crippen LogP contribution in [-0.4, -0.2) is 54.8 Å². The van der Waals surface area contributed by atoms with Crippen molar-refractivity contribution in [1.82, 2.24) is 15.5 Å². The fourth-order valence-electron chi connectivity index (χ4n) is 1.98. The number of amides is 3. The first-order valence-corrected chi connectivity index (χ1v) is 6.63. The second-order valence-corrected chi connectivity index (χ2v) is 4.63. The van der Waals surface area contributed by atoms with Crippen molar-refractivity contribution >= 4 is 17.7 Å². The number of likely N-dealkylation sites (tertiary alicyclic amines) is 1. The lowest BCUT2D eigenvalue weighted by Crippen LogP contribution is -2.52. The van der Waals surface area contributed by atoms with Crippen molar-refractivity contribution < 1.29 is 14.4 Å². The largest absolute Gasteiger partial charge is 0.347 e. The van der Waals surface area contributed by atoms with Gasteiger partial charge in [0.15, 0.2) is 0 Å². The Morgan fingerprint density at radius 2 is 1.79 bits per heavy atom. The quantitative estimate of drug-likeness (QED) is 0.545. The summed E-state index contributed by atoms with van der Waals surface area (Å²) in [6.07, 6.45) is 3.11. The van der Waals surface area contributed by atoms with E-state index in [9.17, 15) is 14.4 Å². The van der Waals surface area contributed by atoms with Gasteiger partial charge in [-0.2, -0.15) is 0 Å². The van der Waals surface area contributed by atoms with Gasteiger partial charge in [0.05, 0.1) is 0 Å². The molecule has 7 nitrogen and oxygen atoms in total. The van der Waals surface area contributed by atoms with Crippen molar-refractivity contribution in [2.24, 2.45) is 5.73 Å². The van der Waals surface area contributed by atoms with E-state index in [1.807, 2.05) is 0 Å². The molecule has 108 valence electrons. The number of carbonyl (C=O) groups excluding carboxylic acids is 3. The van der Waals surface area contributed by atoms with Gasteiger partial charge in [0.1, 0.15) is 6.04 Å². The van der Waals surface area contributed by atoms with E-state index in [0.717, 1.165) is 32.4 Å². The van der Waals surface area contributed by atoms with Crippen molar-refractivity contribution in [3.05, 3.63) is 0 Å². The fourth-order valence-corrected chi connectivity index (χ4v) is 1.98. The van der Waals surface area contributed by atoms with Crippen LogP contribution >= 0.6 is 0 Å². The second kappa shape index (κ2) is 7.73. The van der Waals surface area contributed by atoms with Crippen LogP contribution in [-0.2, 0) is 14.4 Å². The minimum atomic E-state index is -0.800. The number of nitrogens with one attached hydrogen (secondary N) is 2. The molecule has 0 spiro atoms. The molecule has 1 rings (SSSR count). The lowest BCUT2D eigenvalue weighted by molar-refractivity contribution is -0.142. The van der Waals surface area contributed by atoms with Gasteiger partial charge >= 0.3 is 11.8 Å². The van der Waals surface area contributed by atoms with Gasteiger partial charge < -0.3 is 21.3 Å². The van der Waals surface area contributed by atoms with Gasteiger partial charge in [-0.1, -0.05) is 0 Å². The van der Waals surface area contributed by atoms with E-state index < -0.39 is 17.9 Å². The van der Waals surface area contributed by atoms with Crippen LogP contribution in [0.4, 0.5) is 0 Å². The Bertz CT molecular complexity index is 340. The van der Waals surface area contributed by atoms with Gasteiger partial charge in [0.2, 0.25) is 5.91 Å². The van der Waals surface area contributed by atoms with Crippen LogP contribution in [0.5, 0.6) is 0 Å². The second-order valence-electron chi connectivity index (χ2n) is 4.63. The van der Waals surface area contributed by atoms with Crippen molar-refractivity contribution in [2.75, 3.05) is 26.2 Å². The Kier molecular flexibility index (Phi) is 6.27. The number of nitrogens with two attached hydrogens (primary N) is 1. The summed E-state index contributed by atoms with van der Waals surface area (Å²) in [6.45, 7) is 3.53. The molecule has 0 aromatic rings. The summed E-state index contributed by atoms with van der Waals surface area (Å²) in [5.41, 5.74) is 5.22. The molecule has 1 unspecified atom stereocenters. The molecule has 1 atom stereocenters. The molecule has 0 radical (unpaired) electrons. The highest BCUT2D eigenvalue weighted by Crippen LogP contribution is 2.09. The van der Waals surface area contributed by atoms with Crippen LogP contribution in [0.15, 0.2) is 0 Å². The van der Waals surface area contributed by atoms with Gasteiger partial charge in [-0.15, -0.1) is 0 Å². The molecule has 4 N–H and O–H groups in total. The zero-order chi connectivity index (χ0) is 14.3. The van der Waals surface area contributed by atoms with Crippen LogP contribution in [0, 0.1) is 0 Å². The van der Waals surface area contributed by atoms with Crippen molar-refractivity contribution in [1.29, 1.82) is 0 Å². The van der Waals surface area contributed by atoms with Crippen molar-refractivity contribution in [3.63, 3.8) is 0 Å². The number of piperidine rings is 1. The average Bonchev–Trinajstić information content (AvgIpc) is 2.44. The molecule has 19 heavy (non-hydrogen) atoms. The molecular formula is C12H22N4O3. The summed E-state index contributed by atoms with van der Waals surface area (Å²) in [7, 11) is 0. The van der Waals surface area contributed by atoms with Crippen molar-refractivity contribution in [2.45, 2.75) is 32.2 Å². The summed E-state index contributed by atoms with van der Waals surface area (Å²) < 4.78 is 0. The molecule has 3 amide bonds. The Hall–Kier alpha value is -1.63. The maximum atomic E-state index is 12.0. The number of hydrogen-bond acceptors (Lipinski definition) is 4. The monoisotopic (exact) mass is 270 g/mol. The summed E-state index contributed by atoms with van der Waals surface area (Å²) in [5.74, 6) is -1.70. The Balaban J connectivity index is 2.40. The molecule has 1 aliphatic rings. The van der Waals surface area contributed by atoms with Gasteiger partial charge in [-0.25, -0.2) is 0 Å². The third-order valence-electron chi connectivity index (χ3n) is 3.02. The number of hydrogen-bond donors (Lipinski definition) is 3. The first-order valence-electron chi connectivity index (χ1n) is 6.63. The zero-order valence-electron chi connectivity index (χ0n) is 11.3. The Labute approximate surface area is 112 Å². The SMILES string of the molecule is CC(NC(=O)C(=O)NCCN)C(=O)N1CCCCC1. The van der Waals surface area contributed by atoms with Gasteiger partial charge in [0.25, 0.3) is 0 Å². The van der Waals surface area contributed by atoms with Crippen LogP contribution in [0.2, 0.25) is 0 Å². The molecule has 1 aliphatic heterocycles. The van der Waals surface area contributed by atoms with Crippen LogP contribution in [0.25, 0.3) is 0 Å². The fraction of sp³-hybridized carbons (Fsp3) is 0.750. The van der Waals surface area contributed by atoms with E-state index in [-0.39, 0.29) is 19.0 Å². The molecule has 0 aliphatic carbocycles. The minimum Gasteiger partial charge on any atom is -0.347 e.